The fourth-order valence-corrected chi connectivity index (χ4v) is 9.79. The molecule has 2 fully saturated rings. The maximum absolute atomic E-state index is 14.4. The molecular weight excluding hydrogens is 691 g/mol. The van der Waals surface area contributed by atoms with Crippen molar-refractivity contribution in [2.24, 2.45) is 11.3 Å². The SMILES string of the molecule is CCCS(=O)(=O)NCCCC(C)(C)CN(C[C@@H](O)[C@H](Cc1ccccc1)N(C(=O)O)[C@H]1CO[C@H]2OCC[C@H]21)S(=O)(=O)c1ccc2c(c1)OCO2. The summed E-state index contributed by atoms with van der Waals surface area (Å²) in [5.74, 6) is 0.487. The third kappa shape index (κ3) is 9.26. The van der Waals surface area contributed by atoms with Crippen LogP contribution in [0.15, 0.2) is 53.4 Å². The third-order valence-electron chi connectivity index (χ3n) is 9.48. The van der Waals surface area contributed by atoms with Crippen molar-refractivity contribution in [2.75, 3.05) is 45.4 Å². The molecular formula is C34H49N3O11S2. The Labute approximate surface area is 294 Å². The molecule has 0 unspecified atom stereocenters. The summed E-state index contributed by atoms with van der Waals surface area (Å²) in [6, 6.07) is 11.8. The molecule has 14 nitrogen and oxygen atoms in total. The number of aliphatic hydroxyl groups excluding tert-OH is 1. The Hall–Kier alpha value is -2.99. The van der Waals surface area contributed by atoms with Crippen molar-refractivity contribution in [1.29, 1.82) is 0 Å². The van der Waals surface area contributed by atoms with Gasteiger partial charge in [-0.2, -0.15) is 4.31 Å². The van der Waals surface area contributed by atoms with Gasteiger partial charge in [0, 0.05) is 31.6 Å². The van der Waals surface area contributed by atoms with Gasteiger partial charge in [-0.15, -0.1) is 0 Å². The summed E-state index contributed by atoms with van der Waals surface area (Å²) in [6.45, 7) is 5.77. The van der Waals surface area contributed by atoms with Gasteiger partial charge in [0.15, 0.2) is 17.8 Å². The van der Waals surface area contributed by atoms with E-state index < -0.39 is 62.6 Å². The van der Waals surface area contributed by atoms with Crippen LogP contribution in [0.2, 0.25) is 0 Å². The zero-order valence-corrected chi connectivity index (χ0v) is 30.4. The lowest BCUT2D eigenvalue weighted by Gasteiger charge is -2.40. The third-order valence-corrected chi connectivity index (χ3v) is 12.9. The summed E-state index contributed by atoms with van der Waals surface area (Å²) < 4.78 is 79.3. The van der Waals surface area contributed by atoms with Crippen LogP contribution in [0.4, 0.5) is 4.79 Å². The monoisotopic (exact) mass is 739 g/mol. The number of hydrogen-bond acceptors (Lipinski definition) is 10. The molecule has 3 aliphatic rings. The maximum atomic E-state index is 14.4. The van der Waals surface area contributed by atoms with Gasteiger partial charge >= 0.3 is 6.09 Å². The lowest BCUT2D eigenvalue weighted by Crippen LogP contribution is -2.58. The van der Waals surface area contributed by atoms with Crippen molar-refractivity contribution in [2.45, 2.75) is 82.2 Å². The van der Waals surface area contributed by atoms with Crippen LogP contribution in [0.1, 0.15) is 52.0 Å². The minimum atomic E-state index is -4.28. The highest BCUT2D eigenvalue weighted by Gasteiger charge is 2.49. The number of sulfonamides is 2. The van der Waals surface area contributed by atoms with Crippen LogP contribution in [-0.4, -0.2) is 112 Å². The zero-order chi connectivity index (χ0) is 36.1. The molecule has 50 heavy (non-hydrogen) atoms. The summed E-state index contributed by atoms with van der Waals surface area (Å²) in [7, 11) is -7.68. The van der Waals surface area contributed by atoms with E-state index in [1.807, 2.05) is 44.2 Å². The molecule has 0 radical (unpaired) electrons. The van der Waals surface area contributed by atoms with Gasteiger partial charge in [-0.1, -0.05) is 51.1 Å². The number of amides is 1. The number of fused-ring (bicyclic) bond motifs is 2. The highest BCUT2D eigenvalue weighted by Crippen LogP contribution is 2.38. The van der Waals surface area contributed by atoms with Gasteiger partial charge in [-0.3, -0.25) is 4.90 Å². The molecule has 3 N–H and O–H groups in total. The van der Waals surface area contributed by atoms with Crippen LogP contribution < -0.4 is 14.2 Å². The van der Waals surface area contributed by atoms with E-state index in [0.29, 0.717) is 38.0 Å². The molecule has 3 aliphatic heterocycles. The Morgan fingerprint density at radius 2 is 1.80 bits per heavy atom. The van der Waals surface area contributed by atoms with E-state index in [1.54, 1.807) is 6.92 Å². The molecule has 5 rings (SSSR count). The van der Waals surface area contributed by atoms with Crippen LogP contribution in [-0.2, 0) is 35.9 Å². The Bertz CT molecular complexity index is 1670. The van der Waals surface area contributed by atoms with Crippen LogP contribution in [0.5, 0.6) is 11.5 Å². The molecule has 5 atom stereocenters. The number of benzene rings is 2. The molecule has 2 aromatic rings. The molecule has 16 heteroatoms. The summed E-state index contributed by atoms with van der Waals surface area (Å²) in [5, 5.41) is 22.7. The van der Waals surface area contributed by atoms with Crippen molar-refractivity contribution < 1.29 is 50.8 Å². The number of hydrogen-bond donors (Lipinski definition) is 3. The minimum absolute atomic E-state index is 0.0226. The normalized spacial score (nSPS) is 21.7. The number of nitrogens with zero attached hydrogens (tertiary/aromatic N) is 2. The fraction of sp³-hybridized carbons (Fsp3) is 0.618. The molecule has 3 heterocycles. The lowest BCUT2D eigenvalue weighted by molar-refractivity contribution is -0.0906. The minimum Gasteiger partial charge on any atom is -0.465 e. The summed E-state index contributed by atoms with van der Waals surface area (Å²) >= 11 is 0. The molecule has 2 aromatic carbocycles. The second kappa shape index (κ2) is 16.1. The molecule has 278 valence electrons. The summed E-state index contributed by atoms with van der Waals surface area (Å²) in [5.41, 5.74) is 0.103. The topological polar surface area (TPSA) is 181 Å². The highest BCUT2D eigenvalue weighted by atomic mass is 32.2. The second-order valence-corrected chi connectivity index (χ2v) is 17.8. The molecule has 0 bridgehead atoms. The van der Waals surface area contributed by atoms with Gasteiger partial charge in [-0.25, -0.2) is 26.4 Å². The van der Waals surface area contributed by atoms with Gasteiger partial charge in [-0.05, 0) is 55.2 Å². The number of rotatable bonds is 18. The van der Waals surface area contributed by atoms with Crippen molar-refractivity contribution in [3.63, 3.8) is 0 Å². The van der Waals surface area contributed by atoms with Gasteiger partial charge in [0.1, 0.15) is 0 Å². The number of carboxylic acid groups (broad SMARTS) is 1. The number of carbonyl (C=O) groups is 1. The highest BCUT2D eigenvalue weighted by molar-refractivity contribution is 7.89. The van der Waals surface area contributed by atoms with Crippen LogP contribution in [0.3, 0.4) is 0 Å². The molecule has 0 spiro atoms. The van der Waals surface area contributed by atoms with Crippen LogP contribution >= 0.6 is 0 Å². The Kier molecular flexibility index (Phi) is 12.3. The largest absolute Gasteiger partial charge is 0.465 e. The van der Waals surface area contributed by atoms with E-state index in [-0.39, 0.29) is 55.2 Å². The van der Waals surface area contributed by atoms with Gasteiger partial charge in [0.05, 0.1) is 42.0 Å². The van der Waals surface area contributed by atoms with Crippen LogP contribution in [0, 0.1) is 11.3 Å². The second-order valence-electron chi connectivity index (χ2n) is 13.9. The average Bonchev–Trinajstić information content (AvgIpc) is 3.81. The summed E-state index contributed by atoms with van der Waals surface area (Å²) in [4.78, 5) is 14.2. The van der Waals surface area contributed by atoms with Gasteiger partial charge in [0.2, 0.25) is 26.8 Å². The fourth-order valence-electron chi connectivity index (χ4n) is 6.99. The lowest BCUT2D eigenvalue weighted by atomic mass is 9.87. The summed E-state index contributed by atoms with van der Waals surface area (Å²) in [6.07, 6.45) is -1.11. The van der Waals surface area contributed by atoms with Gasteiger partial charge in [0.25, 0.3) is 0 Å². The predicted molar refractivity (Wildman–Crippen MR) is 184 cm³/mol. The Morgan fingerprint density at radius 1 is 1.06 bits per heavy atom. The number of ether oxygens (including phenoxy) is 4. The Morgan fingerprint density at radius 3 is 2.52 bits per heavy atom. The van der Waals surface area contributed by atoms with E-state index in [1.165, 1.54) is 27.4 Å². The number of aliphatic hydroxyl groups is 1. The van der Waals surface area contributed by atoms with Crippen molar-refractivity contribution >= 4 is 26.1 Å². The van der Waals surface area contributed by atoms with E-state index in [2.05, 4.69) is 4.72 Å². The first-order valence-electron chi connectivity index (χ1n) is 17.0. The van der Waals surface area contributed by atoms with Crippen molar-refractivity contribution in [3.8, 4) is 11.5 Å². The quantitative estimate of drug-likeness (QED) is 0.191. The Balaban J connectivity index is 1.44. The molecule has 0 saturated carbocycles. The molecule has 1 amide bonds. The first kappa shape index (κ1) is 38.2. The van der Waals surface area contributed by atoms with Crippen molar-refractivity contribution in [3.05, 3.63) is 54.1 Å². The average molecular weight is 740 g/mol. The molecule has 0 aliphatic carbocycles. The maximum Gasteiger partial charge on any atom is 0.407 e. The van der Waals surface area contributed by atoms with E-state index in [0.717, 1.165) is 5.56 Å². The van der Waals surface area contributed by atoms with E-state index >= 15 is 0 Å². The van der Waals surface area contributed by atoms with E-state index in [4.69, 9.17) is 18.9 Å². The number of nitrogens with one attached hydrogen (secondary N) is 1. The van der Waals surface area contributed by atoms with Crippen LogP contribution in [0.25, 0.3) is 0 Å². The first-order chi connectivity index (χ1) is 23.7. The molecule has 2 saturated heterocycles. The van der Waals surface area contributed by atoms with Crippen molar-refractivity contribution in [1.82, 2.24) is 13.9 Å². The van der Waals surface area contributed by atoms with Gasteiger partial charge < -0.3 is 29.2 Å². The predicted octanol–water partition coefficient (Wildman–Crippen LogP) is 3.26. The molecule has 0 aromatic heterocycles. The first-order valence-corrected chi connectivity index (χ1v) is 20.1. The van der Waals surface area contributed by atoms with E-state index in [9.17, 15) is 31.8 Å². The standard InChI is InChI=1S/C34H49N3O11S2/c1-4-17-49(41,42)35-15-8-14-34(2,3)22-36(50(43,44)25-11-12-30-31(19-25)48-23-47-30)20-29(38)27(18-24-9-6-5-7-10-24)37(33(39)40)28-21-46-32-26(28)13-16-45-32/h5-7,9-12,19,26-29,32,35,38H,4,8,13-18,20-23H2,1-3H3,(H,39,40)/t26-,27-,28-,29+,32+/m0/s1. The zero-order valence-electron chi connectivity index (χ0n) is 28.8. The smallest absolute Gasteiger partial charge is 0.407 e.